The van der Waals surface area contributed by atoms with Crippen molar-refractivity contribution in [2.24, 2.45) is 11.8 Å². The second kappa shape index (κ2) is 10.3. The van der Waals surface area contributed by atoms with Gasteiger partial charge in [0.05, 0.1) is 23.9 Å². The molecule has 0 aromatic rings. The van der Waals surface area contributed by atoms with Crippen molar-refractivity contribution in [3.05, 3.63) is 0 Å². The van der Waals surface area contributed by atoms with E-state index in [4.69, 9.17) is 4.74 Å². The van der Waals surface area contributed by atoms with Crippen LogP contribution < -0.4 is 20.9 Å². The number of hydrogen-bond acceptors (Lipinski definition) is 9. The first kappa shape index (κ1) is 25.7. The highest BCUT2D eigenvalue weighted by molar-refractivity contribution is 7.90. The number of nitrogens with zero attached hydrogens (tertiary/aromatic N) is 2. The van der Waals surface area contributed by atoms with E-state index in [1.165, 1.54) is 0 Å². The topological polar surface area (TPSA) is 118 Å². The Kier molecular flexibility index (Phi) is 8.04. The minimum atomic E-state index is -3.55. The van der Waals surface area contributed by atoms with Crippen molar-refractivity contribution < 1.29 is 18.3 Å². The van der Waals surface area contributed by atoms with Crippen LogP contribution in [0.4, 0.5) is 0 Å². The van der Waals surface area contributed by atoms with E-state index in [0.717, 1.165) is 51.6 Å². The first-order valence-corrected chi connectivity index (χ1v) is 14.2. The molecule has 4 aliphatic rings. The smallest absolute Gasteiger partial charge is 0.217 e. The maximum Gasteiger partial charge on any atom is 0.217 e. The summed E-state index contributed by atoms with van der Waals surface area (Å²) in [6.45, 7) is 6.60. The number of sulfonamides is 1. The molecule has 3 heterocycles. The summed E-state index contributed by atoms with van der Waals surface area (Å²) in [7, 11) is 0.108. The maximum atomic E-state index is 13.5. The highest BCUT2D eigenvalue weighted by Crippen LogP contribution is 2.35. The minimum Gasteiger partial charge on any atom is -0.390 e. The van der Waals surface area contributed by atoms with Gasteiger partial charge in [-0.2, -0.15) is 0 Å². The van der Waals surface area contributed by atoms with Crippen LogP contribution in [0.2, 0.25) is 0 Å². The summed E-state index contributed by atoms with van der Waals surface area (Å²) in [5.41, 5.74) is 6.03. The maximum absolute atomic E-state index is 13.5. The van der Waals surface area contributed by atoms with Gasteiger partial charge in [-0.1, -0.05) is 13.8 Å². The first-order valence-electron chi connectivity index (χ1n) is 12.7. The molecule has 4 fully saturated rings. The summed E-state index contributed by atoms with van der Waals surface area (Å²) < 4.78 is 35.7. The summed E-state index contributed by atoms with van der Waals surface area (Å²) in [5, 5.41) is 18.1. The molecule has 0 amide bonds. The van der Waals surface area contributed by atoms with Gasteiger partial charge in [0.25, 0.3) is 0 Å². The predicted molar refractivity (Wildman–Crippen MR) is 127 cm³/mol. The van der Waals surface area contributed by atoms with Crippen molar-refractivity contribution in [3.63, 3.8) is 0 Å². The van der Waals surface area contributed by atoms with Gasteiger partial charge in [-0.25, -0.2) is 23.2 Å². The molecule has 7 unspecified atom stereocenters. The quantitative estimate of drug-likeness (QED) is 0.311. The van der Waals surface area contributed by atoms with Crippen molar-refractivity contribution in [3.8, 4) is 0 Å². The molecule has 3 aliphatic heterocycles. The Hall–Kier alpha value is -0.370. The molecule has 0 radical (unpaired) electrons. The second-order valence-electron chi connectivity index (χ2n) is 10.4. The van der Waals surface area contributed by atoms with Gasteiger partial charge in [-0.3, -0.25) is 10.9 Å². The Morgan fingerprint density at radius 3 is 2.61 bits per heavy atom. The van der Waals surface area contributed by atoms with E-state index in [9.17, 15) is 13.5 Å². The zero-order chi connectivity index (χ0) is 23.8. The van der Waals surface area contributed by atoms with E-state index in [0.29, 0.717) is 19.0 Å². The molecular formula is C22H44N6O4S. The predicted octanol–water partition coefficient (Wildman–Crippen LogP) is -0.416. The molecule has 0 aromatic carbocycles. The second-order valence-corrected chi connectivity index (χ2v) is 12.4. The van der Waals surface area contributed by atoms with Gasteiger partial charge in [0.2, 0.25) is 10.0 Å². The van der Waals surface area contributed by atoms with Crippen LogP contribution in [0.15, 0.2) is 0 Å². The van der Waals surface area contributed by atoms with Crippen molar-refractivity contribution in [2.75, 3.05) is 40.3 Å². The Morgan fingerprint density at radius 2 is 1.91 bits per heavy atom. The number of aliphatic hydroxyl groups is 1. The van der Waals surface area contributed by atoms with Crippen LogP contribution in [0.1, 0.15) is 52.4 Å². The van der Waals surface area contributed by atoms with E-state index in [2.05, 4.69) is 25.9 Å². The van der Waals surface area contributed by atoms with Crippen molar-refractivity contribution in [1.82, 2.24) is 30.9 Å². The van der Waals surface area contributed by atoms with Crippen molar-refractivity contribution in [1.29, 1.82) is 0 Å². The average molecular weight is 489 g/mol. The lowest BCUT2D eigenvalue weighted by molar-refractivity contribution is -0.0572. The molecule has 0 bridgehead atoms. The summed E-state index contributed by atoms with van der Waals surface area (Å²) in [5.74, 6) is 0.632. The number of ether oxygens (including phenoxy) is 1. The fourth-order valence-electron chi connectivity index (χ4n) is 6.54. The van der Waals surface area contributed by atoms with Crippen LogP contribution in [0.3, 0.4) is 0 Å². The van der Waals surface area contributed by atoms with Gasteiger partial charge in [0, 0.05) is 39.8 Å². The summed E-state index contributed by atoms with van der Waals surface area (Å²) in [6.07, 6.45) is 5.01. The molecule has 7 atom stereocenters. The van der Waals surface area contributed by atoms with Gasteiger partial charge in [0.1, 0.15) is 5.25 Å². The van der Waals surface area contributed by atoms with Crippen LogP contribution in [0.25, 0.3) is 0 Å². The highest BCUT2D eigenvalue weighted by Gasteiger charge is 2.48. The minimum absolute atomic E-state index is 0.0181. The molecule has 4 rings (SSSR count). The van der Waals surface area contributed by atoms with Crippen molar-refractivity contribution in [2.45, 2.75) is 87.6 Å². The third-order valence-corrected chi connectivity index (χ3v) is 10.6. The number of rotatable bonds is 8. The van der Waals surface area contributed by atoms with Gasteiger partial charge in [-0.15, -0.1) is 0 Å². The monoisotopic (exact) mass is 488 g/mol. The molecule has 10 nitrogen and oxygen atoms in total. The molecule has 5 N–H and O–H groups in total. The average Bonchev–Trinajstić information content (AvgIpc) is 3.47. The Balaban J connectivity index is 1.40. The van der Waals surface area contributed by atoms with E-state index in [1.54, 1.807) is 7.11 Å². The fraction of sp³-hybridized carbons (Fsp3) is 1.00. The zero-order valence-electron chi connectivity index (χ0n) is 20.6. The van der Waals surface area contributed by atoms with Gasteiger partial charge in [-0.05, 0) is 56.9 Å². The molecule has 0 aromatic heterocycles. The molecular weight excluding hydrogens is 444 g/mol. The number of nitrogens with one attached hydrogen (secondary N) is 4. The molecule has 11 heteroatoms. The molecule has 33 heavy (non-hydrogen) atoms. The lowest BCUT2D eigenvalue weighted by atomic mass is 9.76. The van der Waals surface area contributed by atoms with Crippen LogP contribution in [0.5, 0.6) is 0 Å². The van der Waals surface area contributed by atoms with E-state index >= 15 is 0 Å². The van der Waals surface area contributed by atoms with E-state index in [1.807, 2.05) is 25.9 Å². The van der Waals surface area contributed by atoms with Gasteiger partial charge < -0.3 is 15.2 Å². The third kappa shape index (κ3) is 5.12. The SMILES string of the molecule is CCC(O)(CC)C1CCNC(N2CC(S(=O)(=O)NC3C(OC)CCC4CNN(C)C43)CN2)C1. The van der Waals surface area contributed by atoms with Gasteiger partial charge >= 0.3 is 0 Å². The third-order valence-electron chi connectivity index (χ3n) is 8.83. The Labute approximate surface area is 199 Å². The first-order chi connectivity index (χ1) is 15.7. The Morgan fingerprint density at radius 1 is 1.15 bits per heavy atom. The lowest BCUT2D eigenvalue weighted by Crippen LogP contribution is -2.61. The number of hydrazine groups is 2. The number of hydrogen-bond donors (Lipinski definition) is 5. The molecule has 192 valence electrons. The molecule has 1 saturated carbocycles. The highest BCUT2D eigenvalue weighted by atomic mass is 32.2. The van der Waals surface area contributed by atoms with Gasteiger partial charge in [0.15, 0.2) is 0 Å². The number of likely N-dealkylation sites (N-methyl/N-ethyl adjacent to an activating group) is 1. The normalized spacial score (nSPS) is 39.1. The summed E-state index contributed by atoms with van der Waals surface area (Å²) in [4.78, 5) is 0. The summed E-state index contributed by atoms with van der Waals surface area (Å²) in [6, 6.07) is -0.181. The molecule has 3 saturated heterocycles. The number of methoxy groups -OCH3 is 1. The van der Waals surface area contributed by atoms with Crippen LogP contribution in [-0.2, 0) is 14.8 Å². The van der Waals surface area contributed by atoms with E-state index < -0.39 is 20.9 Å². The van der Waals surface area contributed by atoms with E-state index in [-0.39, 0.29) is 30.3 Å². The number of piperidine rings is 1. The zero-order valence-corrected chi connectivity index (χ0v) is 21.4. The molecule has 0 spiro atoms. The Bertz CT molecular complexity index is 766. The standard InChI is InChI=1S/C22H44N6O4S/c1-5-22(29,6-2)16-9-10-23-19(11-16)28-14-17(13-25-28)33(30,31)26-20-18(32-4)8-7-15-12-24-27(3)21(15)20/h15-21,23-26,29H,5-14H2,1-4H3. The fourth-order valence-corrected chi connectivity index (χ4v) is 8.06. The summed E-state index contributed by atoms with van der Waals surface area (Å²) >= 11 is 0. The lowest BCUT2D eigenvalue weighted by Gasteiger charge is -2.43. The number of fused-ring (bicyclic) bond motifs is 1. The van der Waals surface area contributed by atoms with Crippen molar-refractivity contribution >= 4 is 10.0 Å². The largest absolute Gasteiger partial charge is 0.390 e. The van der Waals surface area contributed by atoms with Crippen LogP contribution in [-0.4, -0.2) is 99.1 Å². The van der Waals surface area contributed by atoms with Crippen LogP contribution in [0, 0.1) is 11.8 Å². The molecule has 1 aliphatic carbocycles. The van der Waals surface area contributed by atoms with Crippen LogP contribution >= 0.6 is 0 Å².